The van der Waals surface area contributed by atoms with Crippen molar-refractivity contribution in [1.29, 1.82) is 0 Å². The molecular weight excluding hydrogens is 410 g/mol. The zero-order valence-corrected chi connectivity index (χ0v) is 22.9. The molecule has 33 heavy (non-hydrogen) atoms. The molecular formula is C29H58NO3+. The predicted molar refractivity (Wildman–Crippen MR) is 140 cm³/mol. The van der Waals surface area contributed by atoms with Crippen LogP contribution in [0.5, 0.6) is 0 Å². The number of unbranched alkanes of at least 4 members (excludes halogenated alkanes) is 9. The highest BCUT2D eigenvalue weighted by Crippen LogP contribution is 2.45. The molecule has 0 aliphatic heterocycles. The van der Waals surface area contributed by atoms with Gasteiger partial charge in [0.15, 0.2) is 0 Å². The van der Waals surface area contributed by atoms with Crippen LogP contribution in [0.25, 0.3) is 0 Å². The van der Waals surface area contributed by atoms with Crippen molar-refractivity contribution >= 4 is 5.97 Å². The van der Waals surface area contributed by atoms with E-state index in [4.69, 9.17) is 9.47 Å². The van der Waals surface area contributed by atoms with Crippen LogP contribution in [0.2, 0.25) is 0 Å². The van der Waals surface area contributed by atoms with Crippen molar-refractivity contribution in [3.63, 3.8) is 0 Å². The van der Waals surface area contributed by atoms with Crippen LogP contribution in [0, 0.1) is 11.8 Å². The number of hydrogen-bond donors (Lipinski definition) is 0. The van der Waals surface area contributed by atoms with Crippen molar-refractivity contribution in [3.05, 3.63) is 0 Å². The van der Waals surface area contributed by atoms with Gasteiger partial charge >= 0.3 is 5.97 Å². The fraction of sp³-hybridized carbons (Fsp3) is 0.966. The first-order valence-corrected chi connectivity index (χ1v) is 14.7. The third-order valence-corrected chi connectivity index (χ3v) is 8.17. The highest BCUT2D eigenvalue weighted by Gasteiger charge is 2.34. The van der Waals surface area contributed by atoms with E-state index >= 15 is 0 Å². The van der Waals surface area contributed by atoms with E-state index in [1.165, 1.54) is 77.0 Å². The van der Waals surface area contributed by atoms with Crippen molar-refractivity contribution in [1.82, 2.24) is 0 Å². The van der Waals surface area contributed by atoms with Gasteiger partial charge < -0.3 is 14.0 Å². The van der Waals surface area contributed by atoms with Crippen LogP contribution in [0.4, 0.5) is 0 Å². The Kier molecular flexibility index (Phi) is 18.1. The van der Waals surface area contributed by atoms with E-state index in [0.717, 1.165) is 61.9 Å². The Morgan fingerprint density at radius 1 is 0.697 bits per heavy atom. The van der Waals surface area contributed by atoms with E-state index < -0.39 is 0 Å². The fourth-order valence-electron chi connectivity index (χ4n) is 5.20. The molecule has 1 saturated carbocycles. The largest absolute Gasteiger partial charge is 0.463 e. The van der Waals surface area contributed by atoms with Crippen LogP contribution in [-0.2, 0) is 14.3 Å². The average Bonchev–Trinajstić information content (AvgIpc) is 3.58. The van der Waals surface area contributed by atoms with Crippen molar-refractivity contribution in [3.8, 4) is 0 Å². The normalized spacial score (nSPS) is 17.9. The van der Waals surface area contributed by atoms with Crippen LogP contribution in [0.1, 0.15) is 124 Å². The van der Waals surface area contributed by atoms with Crippen LogP contribution in [0.3, 0.4) is 0 Å². The molecule has 2 unspecified atom stereocenters. The first-order chi connectivity index (χ1) is 16.1. The molecule has 1 aliphatic carbocycles. The molecule has 0 saturated heterocycles. The molecule has 2 atom stereocenters. The van der Waals surface area contributed by atoms with Gasteiger partial charge in [0.1, 0.15) is 13.2 Å². The number of nitrogens with zero attached hydrogens (tertiary/aromatic N) is 1. The predicted octanol–water partition coefficient (Wildman–Crippen LogP) is 7.54. The lowest BCUT2D eigenvalue weighted by Gasteiger charge is -2.35. The van der Waals surface area contributed by atoms with Gasteiger partial charge in [0.2, 0.25) is 0 Å². The Morgan fingerprint density at radius 3 is 1.82 bits per heavy atom. The molecule has 0 bridgehead atoms. The summed E-state index contributed by atoms with van der Waals surface area (Å²) in [5, 5.41) is 0. The molecule has 0 radical (unpaired) electrons. The molecule has 0 heterocycles. The highest BCUT2D eigenvalue weighted by atomic mass is 16.6. The summed E-state index contributed by atoms with van der Waals surface area (Å²) < 4.78 is 12.1. The number of rotatable bonds is 24. The quantitative estimate of drug-likeness (QED) is 0.0833. The van der Waals surface area contributed by atoms with Crippen LogP contribution < -0.4 is 0 Å². The SMILES string of the molecule is CCCCCCCCC1CC1CCCCCCCC(=O)OCCOCC[N+](CC)(CC)CC. The topological polar surface area (TPSA) is 35.5 Å². The zero-order valence-electron chi connectivity index (χ0n) is 22.9. The number of ether oxygens (including phenoxy) is 2. The minimum atomic E-state index is -0.0603. The lowest BCUT2D eigenvalue weighted by Crippen LogP contribution is -2.49. The van der Waals surface area contributed by atoms with Gasteiger partial charge in [-0.05, 0) is 45.4 Å². The highest BCUT2D eigenvalue weighted by molar-refractivity contribution is 5.69. The van der Waals surface area contributed by atoms with E-state index in [1.807, 2.05) is 0 Å². The number of likely N-dealkylation sites (N-methyl/N-ethyl adjacent to an activating group) is 1. The molecule has 0 aromatic heterocycles. The van der Waals surface area contributed by atoms with Gasteiger partial charge in [0.25, 0.3) is 0 Å². The second-order valence-corrected chi connectivity index (χ2v) is 10.5. The van der Waals surface area contributed by atoms with E-state index in [0.29, 0.717) is 19.6 Å². The number of hydrogen-bond acceptors (Lipinski definition) is 3. The average molecular weight is 469 g/mol. The Hall–Kier alpha value is -0.610. The van der Waals surface area contributed by atoms with Gasteiger partial charge in [-0.3, -0.25) is 4.79 Å². The van der Waals surface area contributed by atoms with Gasteiger partial charge in [-0.15, -0.1) is 0 Å². The summed E-state index contributed by atoms with van der Waals surface area (Å²) in [6.07, 6.45) is 19.7. The molecule has 0 N–H and O–H groups in total. The number of carbonyl (C=O) groups is 1. The zero-order chi connectivity index (χ0) is 24.2. The molecule has 0 aromatic carbocycles. The number of carbonyl (C=O) groups excluding carboxylic acids is 1. The van der Waals surface area contributed by atoms with Gasteiger partial charge in [-0.25, -0.2) is 0 Å². The molecule has 4 nitrogen and oxygen atoms in total. The second-order valence-electron chi connectivity index (χ2n) is 10.5. The lowest BCUT2D eigenvalue weighted by molar-refractivity contribution is -0.923. The van der Waals surface area contributed by atoms with Gasteiger partial charge in [-0.2, -0.15) is 0 Å². The maximum Gasteiger partial charge on any atom is 0.305 e. The number of esters is 1. The van der Waals surface area contributed by atoms with Gasteiger partial charge in [0.05, 0.1) is 32.8 Å². The summed E-state index contributed by atoms with van der Waals surface area (Å²) in [7, 11) is 0. The van der Waals surface area contributed by atoms with E-state index in [2.05, 4.69) is 27.7 Å². The third kappa shape index (κ3) is 15.1. The maximum atomic E-state index is 11.9. The first-order valence-electron chi connectivity index (χ1n) is 14.7. The minimum Gasteiger partial charge on any atom is -0.463 e. The number of quaternary nitrogens is 1. The maximum absolute atomic E-state index is 11.9. The Balaban J connectivity index is 1.83. The summed E-state index contributed by atoms with van der Waals surface area (Å²) in [5.74, 6) is 2.04. The summed E-state index contributed by atoms with van der Waals surface area (Å²) in [6, 6.07) is 0. The summed E-state index contributed by atoms with van der Waals surface area (Å²) in [6.45, 7) is 15.2. The van der Waals surface area contributed by atoms with E-state index in [9.17, 15) is 4.79 Å². The van der Waals surface area contributed by atoms with E-state index in [-0.39, 0.29) is 5.97 Å². The second kappa shape index (κ2) is 19.7. The summed E-state index contributed by atoms with van der Waals surface area (Å²) >= 11 is 0. The van der Waals surface area contributed by atoms with Gasteiger partial charge in [-0.1, -0.05) is 84.0 Å². The molecule has 0 spiro atoms. The molecule has 0 aromatic rings. The van der Waals surface area contributed by atoms with Crippen LogP contribution in [0.15, 0.2) is 0 Å². The van der Waals surface area contributed by atoms with E-state index in [1.54, 1.807) is 0 Å². The van der Waals surface area contributed by atoms with Gasteiger partial charge in [0, 0.05) is 6.42 Å². The summed E-state index contributed by atoms with van der Waals surface area (Å²) in [4.78, 5) is 11.9. The standard InChI is InChI=1S/C29H58NO3/c1-5-9-10-11-13-16-19-27-26-28(27)20-17-14-12-15-18-21-29(31)33-25-24-32-23-22-30(6-2,7-3)8-4/h27-28H,5-26H2,1-4H3/q+1. The third-order valence-electron chi connectivity index (χ3n) is 8.17. The molecule has 0 amide bonds. The van der Waals surface area contributed by atoms with Crippen molar-refractivity contribution < 1.29 is 18.8 Å². The minimum absolute atomic E-state index is 0.0603. The lowest BCUT2D eigenvalue weighted by atomic mass is 10.0. The molecule has 1 rings (SSSR count). The van der Waals surface area contributed by atoms with Crippen LogP contribution >= 0.6 is 0 Å². The fourth-order valence-corrected chi connectivity index (χ4v) is 5.20. The summed E-state index contributed by atoms with van der Waals surface area (Å²) in [5.41, 5.74) is 0. The Labute approximate surface area is 206 Å². The first kappa shape index (κ1) is 30.4. The van der Waals surface area contributed by atoms with Crippen molar-refractivity contribution in [2.45, 2.75) is 124 Å². The molecule has 1 aliphatic rings. The van der Waals surface area contributed by atoms with Crippen molar-refractivity contribution in [2.24, 2.45) is 11.8 Å². The smallest absolute Gasteiger partial charge is 0.305 e. The monoisotopic (exact) mass is 468 g/mol. The molecule has 196 valence electrons. The Morgan fingerprint density at radius 2 is 1.24 bits per heavy atom. The Bertz CT molecular complexity index is 456. The molecule has 1 fully saturated rings. The van der Waals surface area contributed by atoms with Crippen molar-refractivity contribution in [2.75, 3.05) is 46.0 Å². The molecule has 4 heteroatoms. The van der Waals surface area contributed by atoms with Crippen LogP contribution in [-0.4, -0.2) is 56.5 Å².